The number of benzene rings is 1. The second-order valence-corrected chi connectivity index (χ2v) is 8.80. The molecular weight excluding hydrogens is 338 g/mol. The molecule has 1 aliphatic rings. The molecule has 6 atom stereocenters. The summed E-state index contributed by atoms with van der Waals surface area (Å²) in [7, 11) is 0. The first kappa shape index (κ1) is 21.9. The maximum atomic E-state index is 11.7. The molecule has 0 spiro atoms. The van der Waals surface area contributed by atoms with Gasteiger partial charge in [0, 0.05) is 11.1 Å². The first-order valence-corrected chi connectivity index (χ1v) is 10.4. The molecule has 0 aliphatic carbocycles. The van der Waals surface area contributed by atoms with Crippen LogP contribution in [0.25, 0.3) is 0 Å². The second-order valence-electron chi connectivity index (χ2n) is 8.80. The van der Waals surface area contributed by atoms with E-state index in [-0.39, 0.29) is 34.9 Å². The molecule has 6 unspecified atom stereocenters. The van der Waals surface area contributed by atoms with Gasteiger partial charge in [-0.05, 0) is 57.4 Å². The van der Waals surface area contributed by atoms with Crippen molar-refractivity contribution in [2.75, 3.05) is 0 Å². The Morgan fingerprint density at radius 2 is 1.81 bits per heavy atom. The van der Waals surface area contributed by atoms with Crippen LogP contribution >= 0.6 is 0 Å². The van der Waals surface area contributed by atoms with Gasteiger partial charge in [-0.15, -0.1) is 0 Å². The number of hydroxylamine groups is 2. The number of hydrogen-bond acceptors (Lipinski definition) is 3. The van der Waals surface area contributed by atoms with Crippen LogP contribution in [-0.2, 0) is 9.63 Å². The van der Waals surface area contributed by atoms with Gasteiger partial charge in [0.1, 0.15) is 6.10 Å². The number of carbonyl (C=O) groups is 1. The molecule has 0 radical (unpaired) electrons. The summed E-state index contributed by atoms with van der Waals surface area (Å²) in [5, 5.41) is 11.9. The van der Waals surface area contributed by atoms with Gasteiger partial charge < -0.3 is 5.11 Å². The second kappa shape index (κ2) is 8.32. The van der Waals surface area contributed by atoms with E-state index in [4.69, 9.17) is 4.84 Å². The lowest BCUT2D eigenvalue weighted by Gasteiger charge is -2.60. The van der Waals surface area contributed by atoms with Gasteiger partial charge in [-0.3, -0.25) is 9.63 Å². The number of carboxylic acids is 1. The molecule has 0 amide bonds. The van der Waals surface area contributed by atoms with Crippen LogP contribution < -0.4 is 0 Å². The molecule has 0 aromatic heterocycles. The minimum absolute atomic E-state index is 0.0522. The molecule has 1 fully saturated rings. The van der Waals surface area contributed by atoms with Crippen molar-refractivity contribution in [3.63, 3.8) is 0 Å². The van der Waals surface area contributed by atoms with Crippen LogP contribution in [-0.4, -0.2) is 27.2 Å². The Kier molecular flexibility index (Phi) is 6.75. The molecule has 0 saturated carbocycles. The number of aliphatic carboxylic acids is 1. The molecule has 1 saturated heterocycles. The van der Waals surface area contributed by atoms with Gasteiger partial charge in [-0.2, -0.15) is 5.06 Å². The average molecular weight is 376 g/mol. The summed E-state index contributed by atoms with van der Waals surface area (Å²) in [5.41, 5.74) is 0.734. The van der Waals surface area contributed by atoms with E-state index in [0.29, 0.717) is 0 Å². The van der Waals surface area contributed by atoms with Crippen molar-refractivity contribution in [3.8, 4) is 0 Å². The van der Waals surface area contributed by atoms with Crippen molar-refractivity contribution in [1.82, 2.24) is 5.06 Å². The Labute approximate surface area is 164 Å². The fourth-order valence-corrected chi connectivity index (χ4v) is 4.77. The molecule has 1 heterocycles. The van der Waals surface area contributed by atoms with E-state index in [1.54, 1.807) is 0 Å². The van der Waals surface area contributed by atoms with E-state index in [0.717, 1.165) is 24.8 Å². The predicted octanol–water partition coefficient (Wildman–Crippen LogP) is 5.70. The Morgan fingerprint density at radius 3 is 2.30 bits per heavy atom. The van der Waals surface area contributed by atoms with Crippen LogP contribution in [0.1, 0.15) is 79.4 Å². The maximum Gasteiger partial charge on any atom is 0.306 e. The zero-order valence-electron chi connectivity index (χ0n) is 18.0. The Morgan fingerprint density at radius 1 is 1.22 bits per heavy atom. The average Bonchev–Trinajstić information content (AvgIpc) is 2.68. The summed E-state index contributed by atoms with van der Waals surface area (Å²) in [4.78, 5) is 18.4. The van der Waals surface area contributed by atoms with Crippen molar-refractivity contribution < 1.29 is 14.7 Å². The van der Waals surface area contributed by atoms with E-state index in [1.165, 1.54) is 0 Å². The standard InChI is InChI=1S/C23H37NO3/c1-8-22(6)15-20(16(3)21(25)26)17(4)23(7,9-2)24(22)27-18(5)19-13-11-10-12-14-19/h10-14,16-18,20H,8-9,15H2,1-7H3,(H,25,26). The minimum atomic E-state index is -0.698. The van der Waals surface area contributed by atoms with Crippen molar-refractivity contribution in [1.29, 1.82) is 0 Å². The van der Waals surface area contributed by atoms with Gasteiger partial charge in [0.2, 0.25) is 0 Å². The number of rotatable bonds is 7. The highest BCUT2D eigenvalue weighted by molar-refractivity contribution is 5.70. The van der Waals surface area contributed by atoms with Crippen molar-refractivity contribution in [2.45, 2.75) is 84.9 Å². The van der Waals surface area contributed by atoms with E-state index in [2.05, 4.69) is 58.7 Å². The normalized spacial score (nSPS) is 34.2. The van der Waals surface area contributed by atoms with Crippen LogP contribution in [0.4, 0.5) is 0 Å². The lowest BCUT2D eigenvalue weighted by Crippen LogP contribution is -2.67. The van der Waals surface area contributed by atoms with Gasteiger partial charge >= 0.3 is 5.97 Å². The third-order valence-corrected chi connectivity index (χ3v) is 7.29. The fourth-order valence-electron chi connectivity index (χ4n) is 4.77. The SMILES string of the molecule is CCC1(C)CC(C(C)C(=O)O)C(C)C(C)(CC)N1OC(C)c1ccccc1. The summed E-state index contributed by atoms with van der Waals surface area (Å²) in [6, 6.07) is 10.3. The largest absolute Gasteiger partial charge is 0.481 e. The van der Waals surface area contributed by atoms with Crippen molar-refractivity contribution in [2.24, 2.45) is 17.8 Å². The quantitative estimate of drug-likeness (QED) is 0.664. The van der Waals surface area contributed by atoms with Crippen LogP contribution in [0.15, 0.2) is 30.3 Å². The lowest BCUT2D eigenvalue weighted by molar-refractivity contribution is -0.333. The van der Waals surface area contributed by atoms with Crippen molar-refractivity contribution >= 4 is 5.97 Å². The van der Waals surface area contributed by atoms with Gasteiger partial charge in [-0.25, -0.2) is 0 Å². The Balaban J connectivity index is 2.40. The number of piperidine rings is 1. The summed E-state index contributed by atoms with van der Waals surface area (Å²) in [6.07, 6.45) is 2.60. The number of hydrogen-bond donors (Lipinski definition) is 1. The Hall–Kier alpha value is -1.39. The lowest BCUT2D eigenvalue weighted by atomic mass is 9.62. The van der Waals surface area contributed by atoms with Crippen LogP contribution in [0.5, 0.6) is 0 Å². The molecule has 1 N–H and O–H groups in total. The minimum Gasteiger partial charge on any atom is -0.481 e. The maximum absolute atomic E-state index is 11.7. The van der Waals surface area contributed by atoms with Gasteiger partial charge in [0.15, 0.2) is 0 Å². The first-order valence-electron chi connectivity index (χ1n) is 10.4. The van der Waals surface area contributed by atoms with Crippen LogP contribution in [0.3, 0.4) is 0 Å². The van der Waals surface area contributed by atoms with E-state index in [9.17, 15) is 9.90 Å². The zero-order valence-corrected chi connectivity index (χ0v) is 18.0. The van der Waals surface area contributed by atoms with Gasteiger partial charge in [-0.1, -0.05) is 58.0 Å². The molecular formula is C23H37NO3. The highest BCUT2D eigenvalue weighted by Gasteiger charge is 2.55. The fraction of sp³-hybridized carbons (Fsp3) is 0.696. The van der Waals surface area contributed by atoms with Gasteiger partial charge in [0.05, 0.1) is 5.92 Å². The Bertz CT molecular complexity index is 634. The molecule has 0 bridgehead atoms. The smallest absolute Gasteiger partial charge is 0.306 e. The topological polar surface area (TPSA) is 49.8 Å². The van der Waals surface area contributed by atoms with Crippen molar-refractivity contribution in [3.05, 3.63) is 35.9 Å². The third-order valence-electron chi connectivity index (χ3n) is 7.29. The molecule has 152 valence electrons. The molecule has 1 aromatic carbocycles. The predicted molar refractivity (Wildman–Crippen MR) is 109 cm³/mol. The van der Waals surface area contributed by atoms with E-state index < -0.39 is 5.97 Å². The van der Waals surface area contributed by atoms with Gasteiger partial charge in [0.25, 0.3) is 0 Å². The summed E-state index contributed by atoms with van der Waals surface area (Å²) >= 11 is 0. The highest BCUT2D eigenvalue weighted by Crippen LogP contribution is 2.51. The van der Waals surface area contributed by atoms with Crippen LogP contribution in [0, 0.1) is 17.8 Å². The molecule has 4 heteroatoms. The molecule has 1 aliphatic heterocycles. The third kappa shape index (κ3) is 4.07. The summed E-state index contributed by atoms with van der Waals surface area (Å²) in [5.74, 6) is -0.707. The first-order chi connectivity index (χ1) is 12.6. The molecule has 4 nitrogen and oxygen atoms in total. The summed E-state index contributed by atoms with van der Waals surface area (Å²) < 4.78 is 0. The highest BCUT2D eigenvalue weighted by atomic mass is 16.7. The van der Waals surface area contributed by atoms with E-state index in [1.807, 2.05) is 25.1 Å². The number of nitrogens with zero attached hydrogens (tertiary/aromatic N) is 1. The van der Waals surface area contributed by atoms with E-state index >= 15 is 0 Å². The molecule has 2 rings (SSSR count). The monoisotopic (exact) mass is 375 g/mol. The number of carboxylic acid groups (broad SMARTS) is 1. The zero-order chi connectivity index (χ0) is 20.4. The summed E-state index contributed by atoms with van der Waals surface area (Å²) in [6.45, 7) is 15.0. The molecule has 1 aromatic rings. The molecule has 27 heavy (non-hydrogen) atoms. The van der Waals surface area contributed by atoms with Crippen LogP contribution in [0.2, 0.25) is 0 Å².